The van der Waals surface area contributed by atoms with Crippen LogP contribution in [0.3, 0.4) is 0 Å². The second kappa shape index (κ2) is 7.36. The molecule has 26 heavy (non-hydrogen) atoms. The average molecular weight is 400 g/mol. The molecule has 0 saturated carbocycles. The van der Waals surface area contributed by atoms with Crippen LogP contribution in [0.4, 0.5) is 24.8 Å². The van der Waals surface area contributed by atoms with E-state index in [1.54, 1.807) is 6.07 Å². The van der Waals surface area contributed by atoms with Crippen LogP contribution in [0.2, 0.25) is 0 Å². The van der Waals surface area contributed by atoms with Crippen LogP contribution in [0.25, 0.3) is 0 Å². The highest BCUT2D eigenvalue weighted by Gasteiger charge is 2.36. The zero-order valence-electron chi connectivity index (χ0n) is 13.7. The normalized spacial score (nSPS) is 17.8. The summed E-state index contributed by atoms with van der Waals surface area (Å²) in [5, 5.41) is 0.847. The van der Waals surface area contributed by atoms with Crippen molar-refractivity contribution in [1.29, 1.82) is 0 Å². The molecule has 1 atom stereocenters. The summed E-state index contributed by atoms with van der Waals surface area (Å²) < 4.78 is 38.7. The van der Waals surface area contributed by atoms with E-state index in [-0.39, 0.29) is 17.5 Å². The molecule has 0 spiro atoms. The minimum Gasteiger partial charge on any atom is -0.368 e. The van der Waals surface area contributed by atoms with Gasteiger partial charge in [-0.3, -0.25) is 4.79 Å². The van der Waals surface area contributed by atoms with Gasteiger partial charge in [0.25, 0.3) is 0 Å². The van der Waals surface area contributed by atoms with Gasteiger partial charge >= 0.3 is 6.18 Å². The second-order valence-corrected chi connectivity index (χ2v) is 7.59. The molecule has 0 bridgehead atoms. The van der Waals surface area contributed by atoms with Crippen molar-refractivity contribution in [3.05, 3.63) is 35.9 Å². The largest absolute Gasteiger partial charge is 0.416 e. The number of nitrogens with zero attached hydrogens (tertiary/aromatic N) is 3. The van der Waals surface area contributed by atoms with Crippen molar-refractivity contribution < 1.29 is 18.0 Å². The van der Waals surface area contributed by atoms with Gasteiger partial charge in [-0.1, -0.05) is 17.8 Å². The highest BCUT2D eigenvalue weighted by molar-refractivity contribution is 8.00. The number of halogens is 3. The van der Waals surface area contributed by atoms with Crippen molar-refractivity contribution in [2.45, 2.75) is 27.9 Å². The minimum atomic E-state index is -4.44. The molecule has 2 N–H and O–H groups in total. The maximum Gasteiger partial charge on any atom is 0.416 e. The molecule has 10 heteroatoms. The number of alkyl halides is 3. The molecular weight excluding hydrogens is 385 g/mol. The Labute approximate surface area is 156 Å². The van der Waals surface area contributed by atoms with E-state index in [1.165, 1.54) is 40.6 Å². The number of nitrogen functional groups attached to an aromatic ring is 1. The average Bonchev–Trinajstić information content (AvgIpc) is 2.94. The predicted octanol–water partition coefficient (Wildman–Crippen LogP) is 3.70. The minimum absolute atomic E-state index is 0.125. The second-order valence-electron chi connectivity index (χ2n) is 5.54. The van der Waals surface area contributed by atoms with Gasteiger partial charge in [0.05, 0.1) is 10.8 Å². The smallest absolute Gasteiger partial charge is 0.368 e. The lowest BCUT2D eigenvalue weighted by Crippen LogP contribution is -2.28. The van der Waals surface area contributed by atoms with Crippen molar-refractivity contribution in [2.24, 2.45) is 0 Å². The molecule has 2 heterocycles. The molecule has 138 valence electrons. The van der Waals surface area contributed by atoms with Crippen molar-refractivity contribution in [3.63, 3.8) is 0 Å². The van der Waals surface area contributed by atoms with Gasteiger partial charge < -0.3 is 10.6 Å². The van der Waals surface area contributed by atoms with Crippen LogP contribution >= 0.6 is 23.5 Å². The fraction of sp³-hybridized carbons (Fsp3) is 0.312. The number of thioether (sulfide) groups is 2. The predicted molar refractivity (Wildman–Crippen MR) is 96.3 cm³/mol. The SMILES string of the molecule is CSc1cc(SC2CCN(c3cccc(C(F)(F)F)c3)C2=O)nc(N)n1. The van der Waals surface area contributed by atoms with Gasteiger partial charge in [-0.15, -0.1) is 11.8 Å². The van der Waals surface area contributed by atoms with Gasteiger partial charge in [0.1, 0.15) is 10.1 Å². The fourth-order valence-electron chi connectivity index (χ4n) is 2.60. The number of carbonyl (C=O) groups excluding carboxylic acids is 1. The van der Waals surface area contributed by atoms with E-state index >= 15 is 0 Å². The van der Waals surface area contributed by atoms with E-state index in [1.807, 2.05) is 6.26 Å². The number of benzene rings is 1. The number of hydrogen-bond acceptors (Lipinski definition) is 6. The summed E-state index contributed by atoms with van der Waals surface area (Å²) in [7, 11) is 0. The molecule has 2 aromatic rings. The lowest BCUT2D eigenvalue weighted by atomic mass is 10.2. The van der Waals surface area contributed by atoms with E-state index in [4.69, 9.17) is 5.73 Å². The van der Waals surface area contributed by atoms with E-state index in [0.717, 1.165) is 12.1 Å². The van der Waals surface area contributed by atoms with Crippen LogP contribution in [0.15, 0.2) is 40.4 Å². The Morgan fingerprint density at radius 3 is 2.65 bits per heavy atom. The molecule has 0 radical (unpaired) electrons. The fourth-order valence-corrected chi connectivity index (χ4v) is 4.16. The molecule has 1 amide bonds. The molecule has 0 aliphatic carbocycles. The van der Waals surface area contributed by atoms with Gasteiger partial charge in [0, 0.05) is 18.3 Å². The third-order valence-electron chi connectivity index (χ3n) is 3.81. The van der Waals surface area contributed by atoms with Crippen LogP contribution < -0.4 is 10.6 Å². The first kappa shape index (κ1) is 18.8. The number of amides is 1. The van der Waals surface area contributed by atoms with Crippen molar-refractivity contribution in [3.8, 4) is 0 Å². The monoisotopic (exact) mass is 400 g/mol. The summed E-state index contributed by atoms with van der Waals surface area (Å²) in [6, 6.07) is 6.55. The first-order chi connectivity index (χ1) is 12.3. The van der Waals surface area contributed by atoms with Crippen molar-refractivity contribution in [1.82, 2.24) is 9.97 Å². The number of carbonyl (C=O) groups is 1. The molecular formula is C16H15F3N4OS2. The van der Waals surface area contributed by atoms with E-state index in [2.05, 4.69) is 9.97 Å². The first-order valence-corrected chi connectivity index (χ1v) is 9.72. The van der Waals surface area contributed by atoms with E-state index < -0.39 is 17.0 Å². The van der Waals surface area contributed by atoms with Crippen LogP contribution in [-0.4, -0.2) is 33.9 Å². The maximum absolute atomic E-state index is 12.9. The Balaban J connectivity index is 1.77. The molecule has 1 aromatic heterocycles. The first-order valence-electron chi connectivity index (χ1n) is 7.62. The Morgan fingerprint density at radius 1 is 1.23 bits per heavy atom. The van der Waals surface area contributed by atoms with Crippen molar-refractivity contribution >= 4 is 41.1 Å². The Morgan fingerprint density at radius 2 is 1.96 bits per heavy atom. The van der Waals surface area contributed by atoms with Crippen molar-refractivity contribution in [2.75, 3.05) is 23.4 Å². The summed E-state index contributed by atoms with van der Waals surface area (Å²) >= 11 is 2.66. The summed E-state index contributed by atoms with van der Waals surface area (Å²) in [6.07, 6.45) is -2.08. The summed E-state index contributed by atoms with van der Waals surface area (Å²) in [6.45, 7) is 0.355. The van der Waals surface area contributed by atoms with Crippen LogP contribution in [0.5, 0.6) is 0 Å². The molecule has 1 aromatic carbocycles. The molecule has 1 aliphatic heterocycles. The van der Waals surface area contributed by atoms with Crippen LogP contribution in [-0.2, 0) is 11.0 Å². The number of hydrogen-bond donors (Lipinski definition) is 1. The highest BCUT2D eigenvalue weighted by atomic mass is 32.2. The third-order valence-corrected chi connectivity index (χ3v) is 5.61. The molecule has 1 aliphatic rings. The van der Waals surface area contributed by atoms with Gasteiger partial charge in [0.2, 0.25) is 11.9 Å². The number of aromatic nitrogens is 2. The third kappa shape index (κ3) is 4.07. The summed E-state index contributed by atoms with van der Waals surface area (Å²) in [5.74, 6) is -0.114. The Bertz CT molecular complexity index is 831. The molecule has 1 saturated heterocycles. The highest BCUT2D eigenvalue weighted by Crippen LogP contribution is 2.36. The molecule has 1 fully saturated rings. The van der Waals surface area contributed by atoms with E-state index in [9.17, 15) is 18.0 Å². The van der Waals surface area contributed by atoms with Gasteiger partial charge in [0.15, 0.2) is 0 Å². The van der Waals surface area contributed by atoms with E-state index in [0.29, 0.717) is 23.0 Å². The topological polar surface area (TPSA) is 72.1 Å². The standard InChI is InChI=1S/C16H15F3N4OS2/c1-25-12-8-13(22-15(20)21-12)26-11-5-6-23(14(11)24)10-4-2-3-9(7-10)16(17,18)19/h2-4,7-8,11H,5-6H2,1H3,(H2,20,21,22). The lowest BCUT2D eigenvalue weighted by Gasteiger charge is -2.18. The zero-order valence-corrected chi connectivity index (χ0v) is 15.3. The number of nitrogens with two attached hydrogens (primary N) is 1. The number of anilines is 2. The summed E-state index contributed by atoms with van der Waals surface area (Å²) in [5.41, 5.74) is 5.15. The lowest BCUT2D eigenvalue weighted by molar-refractivity contribution is -0.137. The molecule has 5 nitrogen and oxygen atoms in total. The molecule has 3 rings (SSSR count). The maximum atomic E-state index is 12.9. The van der Waals surface area contributed by atoms with Crippen LogP contribution in [0.1, 0.15) is 12.0 Å². The Hall–Kier alpha value is -1.94. The van der Waals surface area contributed by atoms with Crippen LogP contribution in [0, 0.1) is 0 Å². The van der Waals surface area contributed by atoms with Gasteiger partial charge in [-0.2, -0.15) is 13.2 Å². The number of rotatable bonds is 4. The Kier molecular flexibility index (Phi) is 5.33. The molecule has 1 unspecified atom stereocenters. The summed E-state index contributed by atoms with van der Waals surface area (Å²) in [4.78, 5) is 22.2. The zero-order chi connectivity index (χ0) is 18.9. The quantitative estimate of drug-likeness (QED) is 0.623. The van der Waals surface area contributed by atoms with Gasteiger partial charge in [-0.25, -0.2) is 9.97 Å². The van der Waals surface area contributed by atoms with Gasteiger partial charge in [-0.05, 0) is 30.9 Å².